The Morgan fingerprint density at radius 1 is 1.00 bits per heavy atom. The zero-order chi connectivity index (χ0) is 20.8. The third-order valence-electron chi connectivity index (χ3n) is 6.91. The lowest BCUT2D eigenvalue weighted by Crippen LogP contribution is -2.49. The van der Waals surface area contributed by atoms with Crippen molar-refractivity contribution in [2.75, 3.05) is 10.8 Å². The summed E-state index contributed by atoms with van der Waals surface area (Å²) in [6.45, 7) is 9.41. The number of aromatic nitrogens is 1. The molecule has 1 N–H and O–H groups in total. The Morgan fingerprint density at radius 3 is 2.28 bits per heavy atom. The van der Waals surface area contributed by atoms with Gasteiger partial charge in [0.25, 0.3) is 10.0 Å². The van der Waals surface area contributed by atoms with Crippen LogP contribution in [0.4, 0.5) is 5.69 Å². The van der Waals surface area contributed by atoms with Gasteiger partial charge in [0, 0.05) is 22.8 Å². The molecule has 2 heterocycles. The number of nitrogens with one attached hydrogen (secondary N) is 1. The summed E-state index contributed by atoms with van der Waals surface area (Å²) in [6.07, 6.45) is 0.770. The second-order valence-corrected chi connectivity index (χ2v) is 15.2. The highest BCUT2D eigenvalue weighted by Gasteiger charge is 2.38. The number of nitrogens with zero attached hydrogens (tertiary/aromatic N) is 1. The molecule has 2 aromatic carbocycles. The molecule has 154 valence electrons. The van der Waals surface area contributed by atoms with E-state index in [1.54, 1.807) is 16.4 Å². The van der Waals surface area contributed by atoms with Crippen molar-refractivity contribution in [3.63, 3.8) is 0 Å². The predicted octanol–water partition coefficient (Wildman–Crippen LogP) is 4.94. The van der Waals surface area contributed by atoms with Crippen LogP contribution in [0.3, 0.4) is 0 Å². The molecule has 0 saturated carbocycles. The smallest absolute Gasteiger partial charge is 0.264 e. The molecule has 0 bridgehead atoms. The number of anilines is 1. The first kappa shape index (κ1) is 20.2. The van der Waals surface area contributed by atoms with Gasteiger partial charge < -0.3 is 4.98 Å². The van der Waals surface area contributed by atoms with Crippen LogP contribution in [0.1, 0.15) is 31.9 Å². The Hall–Kier alpha value is -2.05. The van der Waals surface area contributed by atoms with Gasteiger partial charge in [0.1, 0.15) is 8.07 Å². The minimum Gasteiger partial charge on any atom is -0.362 e. The quantitative estimate of drug-likeness (QED) is 0.567. The molecule has 1 aliphatic heterocycles. The van der Waals surface area contributed by atoms with E-state index in [1.807, 2.05) is 31.2 Å². The van der Waals surface area contributed by atoms with Crippen molar-refractivity contribution in [3.05, 3.63) is 53.6 Å². The third-order valence-corrected chi connectivity index (χ3v) is 14.3. The summed E-state index contributed by atoms with van der Waals surface area (Å²) in [5.74, 6) is 0. The predicted molar refractivity (Wildman–Crippen MR) is 125 cm³/mol. The summed E-state index contributed by atoms with van der Waals surface area (Å²) in [4.78, 5) is 4.11. The Morgan fingerprint density at radius 2 is 1.66 bits per heavy atom. The van der Waals surface area contributed by atoms with E-state index in [0.29, 0.717) is 11.4 Å². The lowest BCUT2D eigenvalue weighted by atomic mass is 10.0. The zero-order valence-corrected chi connectivity index (χ0v) is 19.6. The summed E-state index contributed by atoms with van der Waals surface area (Å²) >= 11 is 0. The Labute approximate surface area is 175 Å². The van der Waals surface area contributed by atoms with E-state index in [2.05, 4.69) is 31.8 Å². The minimum atomic E-state index is -3.58. The number of sulfonamides is 1. The van der Waals surface area contributed by atoms with Gasteiger partial charge in [-0.3, -0.25) is 4.31 Å². The van der Waals surface area contributed by atoms with E-state index >= 15 is 0 Å². The molecule has 0 amide bonds. The van der Waals surface area contributed by atoms with E-state index in [9.17, 15) is 8.42 Å². The average Bonchev–Trinajstić information content (AvgIpc) is 3.11. The van der Waals surface area contributed by atoms with Crippen LogP contribution >= 0.6 is 0 Å². The first-order valence-corrected chi connectivity index (χ1v) is 14.7. The second-order valence-electron chi connectivity index (χ2n) is 8.16. The Bertz CT molecular complexity index is 1140. The van der Waals surface area contributed by atoms with Crippen molar-refractivity contribution in [3.8, 4) is 0 Å². The maximum Gasteiger partial charge on any atom is 0.264 e. The summed E-state index contributed by atoms with van der Waals surface area (Å²) in [7, 11) is -5.17. The summed E-state index contributed by atoms with van der Waals surface area (Å²) in [6, 6.07) is 16.8. The van der Waals surface area contributed by atoms with Gasteiger partial charge in [-0.15, -0.1) is 0 Å². The third kappa shape index (κ3) is 3.04. The number of H-pyrrole nitrogens is 1. The van der Waals surface area contributed by atoms with Gasteiger partial charge in [-0.1, -0.05) is 62.7 Å². The van der Waals surface area contributed by atoms with Crippen LogP contribution in [0.15, 0.2) is 47.4 Å². The van der Waals surface area contributed by atoms with Crippen LogP contribution in [0.25, 0.3) is 10.9 Å². The summed E-state index contributed by atoms with van der Waals surface area (Å²) in [5, 5.41) is 2.55. The first-order valence-electron chi connectivity index (χ1n) is 10.6. The molecular formula is C23H30N2O2SSi. The fourth-order valence-corrected chi connectivity index (χ4v) is 10.2. The lowest BCUT2D eigenvalue weighted by molar-refractivity contribution is 0.590. The molecule has 0 saturated heterocycles. The maximum absolute atomic E-state index is 13.4. The van der Waals surface area contributed by atoms with Gasteiger partial charge in [0.2, 0.25) is 0 Å². The molecule has 1 aromatic heterocycles. The zero-order valence-electron chi connectivity index (χ0n) is 17.7. The average molecular weight is 427 g/mol. The van der Waals surface area contributed by atoms with Crippen LogP contribution in [-0.2, 0) is 16.4 Å². The number of aromatic amines is 1. The fourth-order valence-electron chi connectivity index (χ4n) is 4.91. The number of hydrogen-bond donors (Lipinski definition) is 1. The number of rotatable bonds is 6. The van der Waals surface area contributed by atoms with E-state index in [1.165, 1.54) is 29.0 Å². The van der Waals surface area contributed by atoms with E-state index in [-0.39, 0.29) is 0 Å². The molecule has 0 atom stereocenters. The van der Waals surface area contributed by atoms with Crippen molar-refractivity contribution in [2.45, 2.75) is 57.1 Å². The van der Waals surface area contributed by atoms with Crippen molar-refractivity contribution >= 4 is 40.0 Å². The Kier molecular flexibility index (Phi) is 5.11. The standard InChI is InChI=1S/C23H30N2O2SSi/c1-5-29(6-2,7-3)23-19-15-16-25(21-10-8-9-20(24-23)22(19)21)28(26,27)18-13-11-17(4)12-14-18/h8-14,24H,5-7,15-16H2,1-4H3. The number of hydrogen-bond acceptors (Lipinski definition) is 2. The van der Waals surface area contributed by atoms with Gasteiger partial charge in [0.15, 0.2) is 0 Å². The highest BCUT2D eigenvalue weighted by atomic mass is 32.2. The highest BCUT2D eigenvalue weighted by Crippen LogP contribution is 2.38. The second kappa shape index (κ2) is 7.33. The molecule has 3 aromatic rings. The molecule has 1 aliphatic rings. The van der Waals surface area contributed by atoms with E-state index in [4.69, 9.17) is 0 Å². The highest BCUT2D eigenvalue weighted by molar-refractivity contribution is 7.92. The normalized spacial score (nSPS) is 14.6. The van der Waals surface area contributed by atoms with Crippen molar-refractivity contribution in [1.82, 2.24) is 4.98 Å². The fraction of sp³-hybridized carbons (Fsp3) is 0.391. The van der Waals surface area contributed by atoms with Crippen LogP contribution in [-0.4, -0.2) is 28.0 Å². The molecule has 4 rings (SSSR count). The van der Waals surface area contributed by atoms with Crippen molar-refractivity contribution in [1.29, 1.82) is 0 Å². The topological polar surface area (TPSA) is 53.2 Å². The largest absolute Gasteiger partial charge is 0.362 e. The molecule has 0 unspecified atom stereocenters. The molecule has 29 heavy (non-hydrogen) atoms. The number of aryl methyl sites for hydroxylation is 1. The molecule has 0 fully saturated rings. The molecular weight excluding hydrogens is 396 g/mol. The SMILES string of the molecule is CC[Si](CC)(CC)c1[nH]c2cccc3c2c1CCN3S(=O)(=O)c1ccc(C)cc1. The summed E-state index contributed by atoms with van der Waals surface area (Å²) < 4.78 is 28.5. The maximum atomic E-state index is 13.4. The van der Waals surface area contributed by atoms with Gasteiger partial charge in [-0.05, 0) is 43.2 Å². The van der Waals surface area contributed by atoms with Gasteiger partial charge >= 0.3 is 0 Å². The van der Waals surface area contributed by atoms with E-state index < -0.39 is 18.1 Å². The lowest BCUT2D eigenvalue weighted by Gasteiger charge is -2.32. The van der Waals surface area contributed by atoms with Crippen molar-refractivity contribution in [2.24, 2.45) is 0 Å². The summed E-state index contributed by atoms with van der Waals surface area (Å²) in [5.41, 5.74) is 4.31. The minimum absolute atomic E-state index is 0.360. The van der Waals surface area contributed by atoms with Crippen molar-refractivity contribution < 1.29 is 8.42 Å². The van der Waals surface area contributed by atoms with Gasteiger partial charge in [-0.25, -0.2) is 8.42 Å². The van der Waals surface area contributed by atoms with E-state index in [0.717, 1.165) is 28.6 Å². The molecule has 0 aliphatic carbocycles. The molecule has 6 heteroatoms. The molecule has 0 spiro atoms. The van der Waals surface area contributed by atoms with Crippen LogP contribution in [0, 0.1) is 6.92 Å². The number of benzene rings is 2. The van der Waals surface area contributed by atoms with Crippen LogP contribution in [0.2, 0.25) is 18.1 Å². The van der Waals surface area contributed by atoms with Gasteiger partial charge in [-0.2, -0.15) is 0 Å². The van der Waals surface area contributed by atoms with Crippen LogP contribution in [0.5, 0.6) is 0 Å². The molecule has 4 nitrogen and oxygen atoms in total. The van der Waals surface area contributed by atoms with Crippen LogP contribution < -0.4 is 9.62 Å². The van der Waals surface area contributed by atoms with Gasteiger partial charge in [0.05, 0.1) is 10.6 Å². The molecule has 0 radical (unpaired) electrons. The first-order chi connectivity index (χ1) is 13.9. The monoisotopic (exact) mass is 426 g/mol. The Balaban J connectivity index is 1.90.